The number of amides is 2. The number of carbonyl (C=O) groups excluding carboxylic acids is 2. The van der Waals surface area contributed by atoms with Gasteiger partial charge in [-0.25, -0.2) is 0 Å². The fourth-order valence-electron chi connectivity index (χ4n) is 5.46. The first-order valence-electron chi connectivity index (χ1n) is 12.1. The quantitative estimate of drug-likeness (QED) is 0.600. The average molecular weight is 482 g/mol. The van der Waals surface area contributed by atoms with Crippen LogP contribution >= 0.6 is 0 Å². The summed E-state index contributed by atoms with van der Waals surface area (Å²) in [4.78, 5) is 46.3. The van der Waals surface area contributed by atoms with Crippen molar-refractivity contribution in [2.45, 2.75) is 44.2 Å². The zero-order valence-electron chi connectivity index (χ0n) is 20.2. The Morgan fingerprint density at radius 1 is 1.17 bits per heavy atom. The molecule has 2 amide bonds. The van der Waals surface area contributed by atoms with Gasteiger partial charge in [0.1, 0.15) is 12.1 Å². The van der Waals surface area contributed by atoms with Gasteiger partial charge in [0.15, 0.2) is 0 Å². The number of nitrogens with zero attached hydrogens (tertiary/aromatic N) is 4. The smallest absolute Gasteiger partial charge is 0.259 e. The maximum absolute atomic E-state index is 14.1. The molecule has 4 heterocycles. The van der Waals surface area contributed by atoms with Gasteiger partial charge in [0.25, 0.3) is 5.56 Å². The predicted molar refractivity (Wildman–Crippen MR) is 135 cm³/mol. The van der Waals surface area contributed by atoms with Crippen molar-refractivity contribution in [3.63, 3.8) is 0 Å². The van der Waals surface area contributed by atoms with Crippen molar-refractivity contribution < 1.29 is 9.59 Å². The SMILES string of the molecule is CC(C)C[C@H](C(=O)N1C[C@]2(C[C@H]1C#N)C(=O)Nc1ccccc12)n1cccc(-c2ccncc2)c1=O. The Morgan fingerprint density at radius 3 is 2.64 bits per heavy atom. The highest BCUT2D eigenvalue weighted by Gasteiger charge is 2.56. The second kappa shape index (κ2) is 9.08. The maximum atomic E-state index is 14.1. The molecule has 0 saturated carbocycles. The van der Waals surface area contributed by atoms with E-state index in [0.717, 1.165) is 5.56 Å². The Morgan fingerprint density at radius 2 is 1.92 bits per heavy atom. The minimum Gasteiger partial charge on any atom is -0.325 e. The topological polar surface area (TPSA) is 108 Å². The summed E-state index contributed by atoms with van der Waals surface area (Å²) in [5, 5.41) is 12.9. The summed E-state index contributed by atoms with van der Waals surface area (Å²) in [5.41, 5.74) is 1.46. The number of benzene rings is 1. The van der Waals surface area contributed by atoms with Gasteiger partial charge in [0, 0.05) is 42.8 Å². The summed E-state index contributed by atoms with van der Waals surface area (Å²) in [5.74, 6) is -0.405. The van der Waals surface area contributed by atoms with Crippen LogP contribution in [0.15, 0.2) is 71.9 Å². The van der Waals surface area contributed by atoms with E-state index in [1.807, 2.05) is 38.1 Å². The molecule has 3 aromatic rings. The van der Waals surface area contributed by atoms with Crippen LogP contribution in [0.1, 0.15) is 38.3 Å². The number of aromatic nitrogens is 2. The molecular formula is C28H27N5O3. The van der Waals surface area contributed by atoms with Gasteiger partial charge in [-0.05, 0) is 53.8 Å². The Bertz CT molecular complexity index is 1420. The molecule has 182 valence electrons. The van der Waals surface area contributed by atoms with Gasteiger partial charge in [0.2, 0.25) is 11.8 Å². The van der Waals surface area contributed by atoms with Gasteiger partial charge < -0.3 is 14.8 Å². The zero-order chi connectivity index (χ0) is 25.4. The van der Waals surface area contributed by atoms with Crippen molar-refractivity contribution in [2.24, 2.45) is 5.92 Å². The van der Waals surface area contributed by atoms with Gasteiger partial charge >= 0.3 is 0 Å². The summed E-state index contributed by atoms with van der Waals surface area (Å²) >= 11 is 0. The van der Waals surface area contributed by atoms with Crippen LogP contribution in [0.3, 0.4) is 0 Å². The number of hydrogen-bond acceptors (Lipinski definition) is 5. The molecular weight excluding hydrogens is 454 g/mol. The number of pyridine rings is 2. The highest BCUT2D eigenvalue weighted by Crippen LogP contribution is 2.46. The Kier molecular flexibility index (Phi) is 5.92. The van der Waals surface area contributed by atoms with Crippen LogP contribution in [-0.2, 0) is 15.0 Å². The highest BCUT2D eigenvalue weighted by molar-refractivity contribution is 6.07. The standard InChI is InChI=1S/C28H27N5O3/c1-18(2)14-24(32-13-5-6-21(25(32)34)19-9-11-30-12-10-19)26(35)33-17-28(15-20(33)16-29)22-7-3-4-8-23(22)31-27(28)36/h3-13,18,20,24H,14-15,17H2,1-2H3,(H,31,36)/t20-,24+,28-/m0/s1. The molecule has 1 spiro atoms. The van der Waals surface area contributed by atoms with E-state index in [1.54, 1.807) is 42.9 Å². The van der Waals surface area contributed by atoms with Crippen LogP contribution in [0, 0.1) is 17.2 Å². The third-order valence-corrected chi connectivity index (χ3v) is 7.20. The summed E-state index contributed by atoms with van der Waals surface area (Å²) in [6.07, 6.45) is 5.51. The van der Waals surface area contributed by atoms with Crippen LogP contribution < -0.4 is 10.9 Å². The van der Waals surface area contributed by atoms with Crippen molar-refractivity contribution in [3.8, 4) is 17.2 Å². The third kappa shape index (κ3) is 3.77. The van der Waals surface area contributed by atoms with E-state index < -0.39 is 17.5 Å². The van der Waals surface area contributed by atoms with E-state index in [1.165, 1.54) is 9.47 Å². The number of nitriles is 1. The molecule has 1 saturated heterocycles. The van der Waals surface area contributed by atoms with Gasteiger partial charge in [-0.15, -0.1) is 0 Å². The van der Waals surface area contributed by atoms with E-state index in [2.05, 4.69) is 16.4 Å². The Labute approximate surface area is 209 Å². The Hall–Kier alpha value is -4.25. The van der Waals surface area contributed by atoms with Crippen molar-refractivity contribution in [1.29, 1.82) is 5.26 Å². The molecule has 2 aliphatic rings. The lowest BCUT2D eigenvalue weighted by Gasteiger charge is -2.29. The van der Waals surface area contributed by atoms with Crippen molar-refractivity contribution in [1.82, 2.24) is 14.5 Å². The molecule has 0 aliphatic carbocycles. The molecule has 1 N–H and O–H groups in total. The van der Waals surface area contributed by atoms with E-state index in [-0.39, 0.29) is 36.3 Å². The van der Waals surface area contributed by atoms with E-state index in [4.69, 9.17) is 0 Å². The first kappa shape index (κ1) is 23.5. The minimum absolute atomic E-state index is 0.0975. The third-order valence-electron chi connectivity index (χ3n) is 7.20. The zero-order valence-corrected chi connectivity index (χ0v) is 20.2. The molecule has 5 rings (SSSR count). The van der Waals surface area contributed by atoms with Crippen LogP contribution in [0.4, 0.5) is 5.69 Å². The van der Waals surface area contributed by atoms with Crippen LogP contribution in [0.5, 0.6) is 0 Å². The largest absolute Gasteiger partial charge is 0.325 e. The lowest BCUT2D eigenvalue weighted by Crippen LogP contribution is -2.45. The number of likely N-dealkylation sites (tertiary alicyclic amines) is 1. The average Bonchev–Trinajstić information content (AvgIpc) is 3.41. The fraction of sp³-hybridized carbons (Fsp3) is 0.321. The van der Waals surface area contributed by atoms with Gasteiger partial charge in [0.05, 0.1) is 11.5 Å². The molecule has 0 unspecified atom stereocenters. The molecule has 2 aromatic heterocycles. The summed E-state index contributed by atoms with van der Waals surface area (Å²) < 4.78 is 1.47. The number of rotatable bonds is 5. The molecule has 0 bridgehead atoms. The van der Waals surface area contributed by atoms with Crippen molar-refractivity contribution in [3.05, 3.63) is 83.0 Å². The van der Waals surface area contributed by atoms with Gasteiger partial charge in [-0.1, -0.05) is 32.0 Å². The number of carbonyl (C=O) groups is 2. The summed E-state index contributed by atoms with van der Waals surface area (Å²) in [6, 6.07) is 15.1. The molecule has 8 heteroatoms. The lowest BCUT2D eigenvalue weighted by molar-refractivity contribution is -0.135. The second-order valence-electron chi connectivity index (χ2n) is 9.91. The van der Waals surface area contributed by atoms with E-state index in [0.29, 0.717) is 23.2 Å². The number of nitrogens with one attached hydrogen (secondary N) is 1. The van der Waals surface area contributed by atoms with E-state index in [9.17, 15) is 19.6 Å². The Balaban J connectivity index is 1.55. The highest BCUT2D eigenvalue weighted by atomic mass is 16.2. The van der Waals surface area contributed by atoms with Crippen LogP contribution in [-0.4, -0.2) is 38.9 Å². The minimum atomic E-state index is -0.973. The molecule has 1 fully saturated rings. The lowest BCUT2D eigenvalue weighted by atomic mass is 9.80. The number of para-hydroxylation sites is 1. The molecule has 0 radical (unpaired) electrons. The summed E-state index contributed by atoms with van der Waals surface area (Å²) in [6.45, 7) is 4.08. The molecule has 2 aliphatic heterocycles. The first-order chi connectivity index (χ1) is 17.4. The number of hydrogen-bond donors (Lipinski definition) is 1. The van der Waals surface area contributed by atoms with Crippen molar-refractivity contribution >= 4 is 17.5 Å². The molecule has 3 atom stereocenters. The second-order valence-corrected chi connectivity index (χ2v) is 9.91. The fourth-order valence-corrected chi connectivity index (χ4v) is 5.46. The predicted octanol–water partition coefficient (Wildman–Crippen LogP) is 3.51. The number of anilines is 1. The first-order valence-corrected chi connectivity index (χ1v) is 12.1. The van der Waals surface area contributed by atoms with Crippen LogP contribution in [0.25, 0.3) is 11.1 Å². The summed E-state index contributed by atoms with van der Waals surface area (Å²) in [7, 11) is 0. The number of fused-ring (bicyclic) bond motifs is 2. The molecule has 8 nitrogen and oxygen atoms in total. The normalized spacial score (nSPS) is 21.3. The van der Waals surface area contributed by atoms with Crippen LogP contribution in [0.2, 0.25) is 0 Å². The molecule has 36 heavy (non-hydrogen) atoms. The van der Waals surface area contributed by atoms with Gasteiger partial charge in [-0.2, -0.15) is 5.26 Å². The van der Waals surface area contributed by atoms with Gasteiger partial charge in [-0.3, -0.25) is 19.4 Å². The maximum Gasteiger partial charge on any atom is 0.259 e. The van der Waals surface area contributed by atoms with Crippen molar-refractivity contribution in [2.75, 3.05) is 11.9 Å². The monoisotopic (exact) mass is 481 g/mol. The molecule has 1 aromatic carbocycles. The van der Waals surface area contributed by atoms with E-state index >= 15 is 0 Å².